The van der Waals surface area contributed by atoms with Crippen LogP contribution in [0.3, 0.4) is 0 Å². The number of rotatable bonds is 7. The molecule has 33 heavy (non-hydrogen) atoms. The number of hydrogen-bond donors (Lipinski definition) is 2. The molecular weight excluding hydrogens is 414 g/mol. The van der Waals surface area contributed by atoms with Gasteiger partial charge >= 0.3 is 0 Å². The highest BCUT2D eigenvalue weighted by molar-refractivity contribution is 6.18. The maximum absolute atomic E-state index is 13.9. The number of aliphatic hydroxyl groups is 1. The van der Waals surface area contributed by atoms with Gasteiger partial charge in [0.1, 0.15) is 11.0 Å². The molecule has 0 fully saturated rings. The van der Waals surface area contributed by atoms with Crippen LogP contribution in [0.1, 0.15) is 23.1 Å². The van der Waals surface area contributed by atoms with Gasteiger partial charge in [-0.1, -0.05) is 60.7 Å². The van der Waals surface area contributed by atoms with Gasteiger partial charge in [-0.25, -0.2) is 9.97 Å². The highest BCUT2D eigenvalue weighted by Gasteiger charge is 2.24. The highest BCUT2D eigenvalue weighted by atomic mass is 16.3. The molecular formula is C26H23N5O2. The molecule has 5 rings (SSSR count). The predicted molar refractivity (Wildman–Crippen MR) is 130 cm³/mol. The fourth-order valence-corrected chi connectivity index (χ4v) is 3.92. The van der Waals surface area contributed by atoms with Crippen molar-refractivity contribution < 1.29 is 5.11 Å². The third-order valence-corrected chi connectivity index (χ3v) is 5.50. The summed E-state index contributed by atoms with van der Waals surface area (Å²) in [4.78, 5) is 31.3. The van der Waals surface area contributed by atoms with Crippen molar-refractivity contribution in [3.63, 3.8) is 0 Å². The van der Waals surface area contributed by atoms with Gasteiger partial charge in [-0.05, 0) is 18.1 Å². The van der Waals surface area contributed by atoms with Crippen LogP contribution in [0.4, 0.5) is 0 Å². The van der Waals surface area contributed by atoms with Crippen LogP contribution in [0.15, 0.2) is 88.9 Å². The Morgan fingerprint density at radius 1 is 0.970 bits per heavy atom. The maximum atomic E-state index is 13.9. The van der Waals surface area contributed by atoms with Crippen LogP contribution >= 0.6 is 0 Å². The minimum Gasteiger partial charge on any atom is -0.396 e. The molecule has 0 aliphatic heterocycles. The van der Waals surface area contributed by atoms with E-state index < -0.39 is 0 Å². The Morgan fingerprint density at radius 2 is 1.73 bits per heavy atom. The quantitative estimate of drug-likeness (QED) is 0.301. The zero-order valence-corrected chi connectivity index (χ0v) is 18.0. The average Bonchev–Trinajstić information content (AvgIpc) is 3.12. The van der Waals surface area contributed by atoms with E-state index in [4.69, 9.17) is 15.0 Å². The molecule has 0 bridgehead atoms. The van der Waals surface area contributed by atoms with Crippen LogP contribution < -0.4 is 5.56 Å². The first kappa shape index (κ1) is 20.8. The summed E-state index contributed by atoms with van der Waals surface area (Å²) in [5.41, 5.74) is 5.09. The Bertz CT molecular complexity index is 1490. The van der Waals surface area contributed by atoms with Crippen LogP contribution in [0.25, 0.3) is 22.2 Å². The smallest absolute Gasteiger partial charge is 0.264 e. The van der Waals surface area contributed by atoms with Crippen LogP contribution in [-0.2, 0) is 6.54 Å². The van der Waals surface area contributed by atoms with E-state index in [1.807, 2.05) is 66.7 Å². The Labute approximate surface area is 190 Å². The average molecular weight is 438 g/mol. The van der Waals surface area contributed by atoms with E-state index in [0.717, 1.165) is 11.1 Å². The van der Waals surface area contributed by atoms with E-state index in [9.17, 15) is 9.90 Å². The van der Waals surface area contributed by atoms with Crippen molar-refractivity contribution in [2.45, 2.75) is 13.0 Å². The van der Waals surface area contributed by atoms with Gasteiger partial charge in [0.05, 0.1) is 23.3 Å². The van der Waals surface area contributed by atoms with Gasteiger partial charge in [0.2, 0.25) is 0 Å². The molecule has 3 heterocycles. The van der Waals surface area contributed by atoms with Gasteiger partial charge in [0.25, 0.3) is 5.56 Å². The number of aromatic amines is 1. The first-order valence-corrected chi connectivity index (χ1v) is 10.9. The summed E-state index contributed by atoms with van der Waals surface area (Å²) < 4.78 is 1.67. The number of H-pyrrole nitrogens is 1. The number of aromatic nitrogens is 4. The van der Waals surface area contributed by atoms with Crippen molar-refractivity contribution in [3.05, 3.63) is 106 Å². The largest absolute Gasteiger partial charge is 0.396 e. The summed E-state index contributed by atoms with van der Waals surface area (Å²) in [5.74, 6) is 0. The summed E-state index contributed by atoms with van der Waals surface area (Å²) in [5, 5.41) is 9.27. The van der Waals surface area contributed by atoms with Gasteiger partial charge in [-0.3, -0.25) is 14.4 Å². The minimum atomic E-state index is -0.181. The van der Waals surface area contributed by atoms with Gasteiger partial charge in [0.15, 0.2) is 5.65 Å². The van der Waals surface area contributed by atoms with Crippen molar-refractivity contribution in [2.24, 2.45) is 4.99 Å². The highest BCUT2D eigenvalue weighted by Crippen LogP contribution is 2.22. The minimum absolute atomic E-state index is 0.0342. The first-order valence-electron chi connectivity index (χ1n) is 10.9. The fraction of sp³-hybridized carbons (Fsp3) is 0.154. The molecule has 0 radical (unpaired) electrons. The van der Waals surface area contributed by atoms with E-state index in [0.29, 0.717) is 53.0 Å². The van der Waals surface area contributed by atoms with Crippen molar-refractivity contribution in [3.8, 4) is 0 Å². The topological polar surface area (TPSA) is 96.2 Å². The second-order valence-corrected chi connectivity index (χ2v) is 7.74. The van der Waals surface area contributed by atoms with Crippen LogP contribution in [0.2, 0.25) is 0 Å². The lowest BCUT2D eigenvalue weighted by atomic mass is 10.0. The van der Waals surface area contributed by atoms with Crippen molar-refractivity contribution in [1.82, 2.24) is 19.5 Å². The zero-order chi connectivity index (χ0) is 22.6. The second kappa shape index (κ2) is 9.18. The number of aliphatic hydroxyl groups excluding tert-OH is 1. The van der Waals surface area contributed by atoms with E-state index >= 15 is 0 Å². The first-order chi connectivity index (χ1) is 16.3. The van der Waals surface area contributed by atoms with Gasteiger partial charge in [0, 0.05) is 31.1 Å². The zero-order valence-electron chi connectivity index (χ0n) is 18.0. The van der Waals surface area contributed by atoms with Crippen LogP contribution in [0, 0.1) is 0 Å². The standard InChI is InChI=1S/C26H23N5O2/c32-15-7-13-28-23(19-10-5-2-6-11-19)22-24-25(30-21-16-27-14-12-20(21)29-24)31(26(22)33)17-18-8-3-1-4-9-18/h1-6,8-12,14,16,27,32H,7,13,15,17H2. The number of nitrogens with zero attached hydrogens (tertiary/aromatic N) is 4. The second-order valence-electron chi connectivity index (χ2n) is 7.74. The van der Waals surface area contributed by atoms with Crippen molar-refractivity contribution in [2.75, 3.05) is 13.2 Å². The molecule has 0 amide bonds. The summed E-state index contributed by atoms with van der Waals surface area (Å²) in [6, 6.07) is 21.3. The summed E-state index contributed by atoms with van der Waals surface area (Å²) in [7, 11) is 0. The number of hydrogen-bond acceptors (Lipinski definition) is 5. The molecule has 0 spiro atoms. The lowest BCUT2D eigenvalue weighted by molar-refractivity contribution is 0.291. The lowest BCUT2D eigenvalue weighted by Crippen LogP contribution is -2.22. The molecule has 0 saturated heterocycles. The van der Waals surface area contributed by atoms with E-state index in [-0.39, 0.29) is 12.2 Å². The van der Waals surface area contributed by atoms with E-state index in [1.54, 1.807) is 17.0 Å². The molecule has 0 saturated carbocycles. The Balaban J connectivity index is 1.80. The summed E-state index contributed by atoms with van der Waals surface area (Å²) in [6.07, 6.45) is 4.08. The maximum Gasteiger partial charge on any atom is 0.264 e. The molecule has 3 aromatic heterocycles. The molecule has 164 valence electrons. The van der Waals surface area contributed by atoms with Crippen LogP contribution in [-0.4, -0.2) is 43.5 Å². The number of aliphatic imine (C=N–C) groups is 1. The summed E-state index contributed by atoms with van der Waals surface area (Å²) >= 11 is 0. The molecule has 0 aliphatic rings. The van der Waals surface area contributed by atoms with Crippen molar-refractivity contribution >= 4 is 27.9 Å². The molecule has 2 aromatic carbocycles. The van der Waals surface area contributed by atoms with Gasteiger partial charge in [-0.2, -0.15) is 0 Å². The number of nitrogens with one attached hydrogen (secondary N) is 1. The molecule has 7 heteroatoms. The molecule has 5 aromatic rings. The van der Waals surface area contributed by atoms with Gasteiger partial charge < -0.3 is 10.1 Å². The molecule has 0 unspecified atom stereocenters. The SMILES string of the molecule is O=c1c(C(=NCCCO)c2ccccc2)c2nc3cc[nH]cc3nc2n1Cc1ccccc1. The Kier molecular flexibility index (Phi) is 5.78. The van der Waals surface area contributed by atoms with Gasteiger partial charge in [-0.15, -0.1) is 0 Å². The number of pyridine rings is 1. The molecule has 2 N–H and O–H groups in total. The fourth-order valence-electron chi connectivity index (χ4n) is 3.92. The number of benzene rings is 2. The van der Waals surface area contributed by atoms with E-state index in [1.165, 1.54) is 0 Å². The Morgan fingerprint density at radius 3 is 2.48 bits per heavy atom. The monoisotopic (exact) mass is 437 g/mol. The Hall–Kier alpha value is -4.10. The van der Waals surface area contributed by atoms with Crippen LogP contribution in [0.5, 0.6) is 0 Å². The van der Waals surface area contributed by atoms with E-state index in [2.05, 4.69) is 4.98 Å². The normalized spacial score (nSPS) is 12.0. The predicted octanol–water partition coefficient (Wildman–Crippen LogP) is 3.54. The molecule has 0 atom stereocenters. The third-order valence-electron chi connectivity index (χ3n) is 5.50. The lowest BCUT2D eigenvalue weighted by Gasteiger charge is -2.06. The third kappa shape index (κ3) is 4.06. The number of fused-ring (bicyclic) bond motifs is 2. The van der Waals surface area contributed by atoms with Crippen molar-refractivity contribution in [1.29, 1.82) is 0 Å². The molecule has 7 nitrogen and oxygen atoms in total. The molecule has 0 aliphatic carbocycles. The summed E-state index contributed by atoms with van der Waals surface area (Å²) in [6.45, 7) is 0.819.